The summed E-state index contributed by atoms with van der Waals surface area (Å²) in [6.45, 7) is 1.96. The molecule has 2 heterocycles. The Labute approximate surface area is 160 Å². The first-order chi connectivity index (χ1) is 12.5. The van der Waals surface area contributed by atoms with Crippen molar-refractivity contribution in [2.75, 3.05) is 7.11 Å². The number of imidazole rings is 1. The number of nitrogens with zero attached hydrogens (tertiary/aromatic N) is 2. The number of aromatic amines is 1. The number of rotatable bonds is 3. The Hall–Kier alpha value is -2.56. The zero-order chi connectivity index (χ0) is 18.3. The highest BCUT2D eigenvalue weighted by atomic mass is 35.5. The number of H-pyrrole nitrogens is 1. The molecule has 130 valence electrons. The predicted molar refractivity (Wildman–Crippen MR) is 106 cm³/mol. The summed E-state index contributed by atoms with van der Waals surface area (Å²) in [5.41, 5.74) is 5.34. The van der Waals surface area contributed by atoms with Gasteiger partial charge >= 0.3 is 0 Å². The molecule has 6 heteroatoms. The number of nitrogens with one attached hydrogen (secondary N) is 1. The third-order valence-electron chi connectivity index (χ3n) is 4.23. The molecule has 4 aromatic rings. The highest BCUT2D eigenvalue weighted by Crippen LogP contribution is 2.33. The van der Waals surface area contributed by atoms with Crippen molar-refractivity contribution in [3.63, 3.8) is 0 Å². The van der Waals surface area contributed by atoms with E-state index in [4.69, 9.17) is 27.9 Å². The van der Waals surface area contributed by atoms with E-state index in [1.165, 1.54) is 0 Å². The SMILES string of the molecule is COc1ccc2nc(-c3ccc(-c4ncc(Cl)cc4C)c(Cl)c3)[nH]c2c1. The molecule has 4 rings (SSSR count). The van der Waals surface area contributed by atoms with Gasteiger partial charge in [0.2, 0.25) is 0 Å². The van der Waals surface area contributed by atoms with Gasteiger partial charge in [0.15, 0.2) is 0 Å². The van der Waals surface area contributed by atoms with Crippen molar-refractivity contribution in [3.05, 3.63) is 64.3 Å². The molecular formula is C20H15Cl2N3O. The number of aryl methyl sites for hydroxylation is 1. The van der Waals surface area contributed by atoms with Crippen LogP contribution >= 0.6 is 23.2 Å². The average molecular weight is 384 g/mol. The van der Waals surface area contributed by atoms with Gasteiger partial charge in [-0.2, -0.15) is 0 Å². The maximum absolute atomic E-state index is 6.54. The van der Waals surface area contributed by atoms with E-state index in [9.17, 15) is 0 Å². The molecule has 0 aliphatic heterocycles. The lowest BCUT2D eigenvalue weighted by atomic mass is 10.0. The Morgan fingerprint density at radius 1 is 1.04 bits per heavy atom. The van der Waals surface area contributed by atoms with Gasteiger partial charge in [-0.3, -0.25) is 4.98 Å². The summed E-state index contributed by atoms with van der Waals surface area (Å²) in [5.74, 6) is 1.54. The van der Waals surface area contributed by atoms with Crippen LogP contribution in [-0.4, -0.2) is 22.1 Å². The second kappa shape index (κ2) is 6.63. The normalized spacial score (nSPS) is 11.1. The molecule has 2 aromatic heterocycles. The van der Waals surface area contributed by atoms with Crippen LogP contribution in [0.2, 0.25) is 10.0 Å². The van der Waals surface area contributed by atoms with Gasteiger partial charge in [-0.05, 0) is 36.8 Å². The van der Waals surface area contributed by atoms with Crippen molar-refractivity contribution in [2.24, 2.45) is 0 Å². The standard InChI is InChI=1S/C20H15Cl2N3O/c1-11-7-13(21)10-23-19(11)15-5-3-12(8-16(15)22)20-24-17-6-4-14(26-2)9-18(17)25-20/h3-10H,1-2H3,(H,24,25). The molecule has 0 fully saturated rings. The van der Waals surface area contributed by atoms with E-state index in [0.717, 1.165) is 45.0 Å². The van der Waals surface area contributed by atoms with Crippen LogP contribution in [0.25, 0.3) is 33.7 Å². The van der Waals surface area contributed by atoms with Crippen LogP contribution in [-0.2, 0) is 0 Å². The van der Waals surface area contributed by atoms with Crippen LogP contribution in [0.3, 0.4) is 0 Å². The van der Waals surface area contributed by atoms with E-state index in [1.807, 2.05) is 49.4 Å². The lowest BCUT2D eigenvalue weighted by molar-refractivity contribution is 0.415. The Balaban J connectivity index is 1.76. The van der Waals surface area contributed by atoms with E-state index in [0.29, 0.717) is 10.0 Å². The predicted octanol–water partition coefficient (Wildman–Crippen LogP) is 5.92. The van der Waals surface area contributed by atoms with Crippen LogP contribution in [0.1, 0.15) is 5.56 Å². The highest BCUT2D eigenvalue weighted by Gasteiger charge is 2.12. The van der Waals surface area contributed by atoms with Crippen molar-refractivity contribution < 1.29 is 4.74 Å². The van der Waals surface area contributed by atoms with Crippen LogP contribution in [0.4, 0.5) is 0 Å². The number of methoxy groups -OCH3 is 1. The van der Waals surface area contributed by atoms with Crippen molar-refractivity contribution in [1.29, 1.82) is 0 Å². The Kier molecular flexibility index (Phi) is 4.31. The number of aromatic nitrogens is 3. The van der Waals surface area contributed by atoms with Gasteiger partial charge in [-0.15, -0.1) is 0 Å². The Morgan fingerprint density at radius 3 is 2.62 bits per heavy atom. The summed E-state index contributed by atoms with van der Waals surface area (Å²) < 4.78 is 5.26. The quantitative estimate of drug-likeness (QED) is 0.477. The number of pyridine rings is 1. The maximum atomic E-state index is 6.54. The zero-order valence-electron chi connectivity index (χ0n) is 14.2. The lowest BCUT2D eigenvalue weighted by Gasteiger charge is -2.08. The minimum absolute atomic E-state index is 0.608. The van der Waals surface area contributed by atoms with Crippen LogP contribution in [0.15, 0.2) is 48.7 Å². The molecule has 0 bridgehead atoms. The van der Waals surface area contributed by atoms with Gasteiger partial charge < -0.3 is 9.72 Å². The van der Waals surface area contributed by atoms with E-state index in [2.05, 4.69) is 15.0 Å². The fraction of sp³-hybridized carbons (Fsp3) is 0.100. The Bertz CT molecular complexity index is 1120. The molecular weight excluding hydrogens is 369 g/mol. The van der Waals surface area contributed by atoms with Crippen LogP contribution in [0, 0.1) is 6.92 Å². The van der Waals surface area contributed by atoms with Crippen molar-refractivity contribution in [3.8, 4) is 28.4 Å². The molecule has 0 atom stereocenters. The molecule has 0 spiro atoms. The van der Waals surface area contributed by atoms with E-state index < -0.39 is 0 Å². The second-order valence-corrected chi connectivity index (χ2v) is 6.83. The summed E-state index contributed by atoms with van der Waals surface area (Å²) >= 11 is 12.5. The van der Waals surface area contributed by atoms with Crippen molar-refractivity contribution in [1.82, 2.24) is 15.0 Å². The third-order valence-corrected chi connectivity index (χ3v) is 4.75. The van der Waals surface area contributed by atoms with Crippen molar-refractivity contribution in [2.45, 2.75) is 6.92 Å². The highest BCUT2D eigenvalue weighted by molar-refractivity contribution is 6.33. The molecule has 2 aromatic carbocycles. The fourth-order valence-corrected chi connectivity index (χ4v) is 3.41. The monoisotopic (exact) mass is 383 g/mol. The lowest BCUT2D eigenvalue weighted by Crippen LogP contribution is -1.90. The van der Waals surface area contributed by atoms with Gasteiger partial charge in [0, 0.05) is 23.4 Å². The fourth-order valence-electron chi connectivity index (χ4n) is 2.93. The summed E-state index contributed by atoms with van der Waals surface area (Å²) in [4.78, 5) is 12.3. The molecule has 0 aliphatic carbocycles. The molecule has 0 aliphatic rings. The van der Waals surface area contributed by atoms with Gasteiger partial charge in [0.05, 0.1) is 33.9 Å². The molecule has 0 radical (unpaired) electrons. The molecule has 26 heavy (non-hydrogen) atoms. The first-order valence-corrected chi connectivity index (χ1v) is 8.77. The first-order valence-electron chi connectivity index (χ1n) is 8.01. The smallest absolute Gasteiger partial charge is 0.138 e. The largest absolute Gasteiger partial charge is 0.497 e. The van der Waals surface area contributed by atoms with E-state index >= 15 is 0 Å². The topological polar surface area (TPSA) is 50.8 Å². The summed E-state index contributed by atoms with van der Waals surface area (Å²) in [6, 6.07) is 13.4. The summed E-state index contributed by atoms with van der Waals surface area (Å²) in [7, 11) is 1.64. The number of hydrogen-bond acceptors (Lipinski definition) is 3. The van der Waals surface area contributed by atoms with Crippen LogP contribution < -0.4 is 4.74 Å². The zero-order valence-corrected chi connectivity index (χ0v) is 15.7. The third kappa shape index (κ3) is 3.02. The number of ether oxygens (including phenoxy) is 1. The summed E-state index contributed by atoms with van der Waals surface area (Å²) in [6.07, 6.45) is 1.63. The van der Waals surface area contributed by atoms with Gasteiger partial charge in [-0.25, -0.2) is 4.98 Å². The number of hydrogen-bond donors (Lipinski definition) is 1. The average Bonchev–Trinajstić information content (AvgIpc) is 3.05. The van der Waals surface area contributed by atoms with Gasteiger partial charge in [-0.1, -0.05) is 35.3 Å². The number of benzene rings is 2. The van der Waals surface area contributed by atoms with E-state index in [-0.39, 0.29) is 0 Å². The van der Waals surface area contributed by atoms with Crippen LogP contribution in [0.5, 0.6) is 5.75 Å². The molecule has 0 saturated carbocycles. The molecule has 4 nitrogen and oxygen atoms in total. The minimum Gasteiger partial charge on any atom is -0.497 e. The van der Waals surface area contributed by atoms with Gasteiger partial charge in [0.25, 0.3) is 0 Å². The second-order valence-electron chi connectivity index (χ2n) is 5.98. The molecule has 1 N–H and O–H groups in total. The van der Waals surface area contributed by atoms with Gasteiger partial charge in [0.1, 0.15) is 11.6 Å². The van der Waals surface area contributed by atoms with Crippen molar-refractivity contribution >= 4 is 34.2 Å². The first kappa shape index (κ1) is 16.9. The summed E-state index contributed by atoms with van der Waals surface area (Å²) in [5, 5.41) is 1.22. The molecule has 0 amide bonds. The number of fused-ring (bicyclic) bond motifs is 1. The Morgan fingerprint density at radius 2 is 1.88 bits per heavy atom. The molecule has 0 saturated heterocycles. The van der Waals surface area contributed by atoms with E-state index in [1.54, 1.807) is 13.3 Å². The maximum Gasteiger partial charge on any atom is 0.138 e. The number of halogens is 2. The minimum atomic E-state index is 0.608. The molecule has 0 unspecified atom stereocenters.